The van der Waals surface area contributed by atoms with Crippen LogP contribution in [0.25, 0.3) is 0 Å². The number of carboxylic acids is 1. The lowest BCUT2D eigenvalue weighted by Gasteiger charge is -2.31. The third kappa shape index (κ3) is 3.54. The molecule has 1 aromatic rings. The summed E-state index contributed by atoms with van der Waals surface area (Å²) >= 11 is 4.72. The first-order valence-electron chi connectivity index (χ1n) is 6.73. The van der Waals surface area contributed by atoms with Crippen molar-refractivity contribution in [2.75, 3.05) is 11.9 Å². The molecule has 1 atom stereocenters. The number of aliphatic carboxylic acids is 1. The van der Waals surface area contributed by atoms with E-state index in [1.54, 1.807) is 12.1 Å². The topological polar surface area (TPSA) is 113 Å². The molecule has 1 heterocycles. The number of hydrogen-bond donors (Lipinski definition) is 3. The maximum absolute atomic E-state index is 12.7. The first kappa shape index (κ1) is 16.7. The molecular formula is C13H17N3O4S2. The number of hydrogen-bond acceptors (Lipinski definition) is 4. The molecule has 4 N–H and O–H groups in total. The molecule has 1 saturated heterocycles. The highest BCUT2D eigenvalue weighted by Gasteiger charge is 2.37. The van der Waals surface area contributed by atoms with Gasteiger partial charge in [-0.1, -0.05) is 6.07 Å². The van der Waals surface area contributed by atoms with Crippen molar-refractivity contribution in [3.8, 4) is 0 Å². The third-order valence-corrected chi connectivity index (χ3v) is 5.45. The Morgan fingerprint density at radius 2 is 2.14 bits per heavy atom. The summed E-state index contributed by atoms with van der Waals surface area (Å²) in [4.78, 5) is 11.3. The van der Waals surface area contributed by atoms with E-state index in [9.17, 15) is 18.3 Å². The fourth-order valence-corrected chi connectivity index (χ4v) is 4.27. The molecule has 0 aliphatic carbocycles. The van der Waals surface area contributed by atoms with Crippen LogP contribution in [-0.2, 0) is 14.8 Å². The fourth-order valence-electron chi connectivity index (χ4n) is 2.45. The van der Waals surface area contributed by atoms with E-state index in [-0.39, 0.29) is 16.6 Å². The van der Waals surface area contributed by atoms with E-state index in [1.807, 2.05) is 0 Å². The van der Waals surface area contributed by atoms with Gasteiger partial charge in [0.2, 0.25) is 10.0 Å². The monoisotopic (exact) mass is 343 g/mol. The summed E-state index contributed by atoms with van der Waals surface area (Å²) in [6.45, 7) is 0.201. The highest BCUT2D eigenvalue weighted by molar-refractivity contribution is 7.89. The molecular weight excluding hydrogens is 326 g/mol. The largest absolute Gasteiger partial charge is 0.480 e. The number of piperidine rings is 1. The zero-order valence-electron chi connectivity index (χ0n) is 11.7. The summed E-state index contributed by atoms with van der Waals surface area (Å²) in [5, 5.41) is 11.9. The maximum Gasteiger partial charge on any atom is 0.322 e. The molecule has 7 nitrogen and oxygen atoms in total. The molecule has 1 fully saturated rings. The number of nitrogens with zero attached hydrogens (tertiary/aromatic N) is 1. The zero-order valence-corrected chi connectivity index (χ0v) is 13.4. The Balaban J connectivity index is 2.36. The van der Waals surface area contributed by atoms with Crippen LogP contribution >= 0.6 is 12.2 Å². The minimum absolute atomic E-state index is 0.0156. The summed E-state index contributed by atoms with van der Waals surface area (Å²) < 4.78 is 26.5. The molecule has 1 unspecified atom stereocenters. The van der Waals surface area contributed by atoms with Gasteiger partial charge in [0.15, 0.2) is 5.11 Å². The molecule has 0 bridgehead atoms. The van der Waals surface area contributed by atoms with Crippen LogP contribution in [0.3, 0.4) is 0 Å². The van der Waals surface area contributed by atoms with Gasteiger partial charge in [-0.05, 0) is 49.7 Å². The normalized spacial score (nSPS) is 19.5. The molecule has 1 aromatic carbocycles. The molecule has 120 valence electrons. The van der Waals surface area contributed by atoms with E-state index in [2.05, 4.69) is 5.32 Å². The van der Waals surface area contributed by atoms with E-state index in [0.29, 0.717) is 24.9 Å². The smallest absolute Gasteiger partial charge is 0.322 e. The predicted molar refractivity (Wildman–Crippen MR) is 86.0 cm³/mol. The van der Waals surface area contributed by atoms with Gasteiger partial charge in [0, 0.05) is 12.2 Å². The molecule has 0 aromatic heterocycles. The van der Waals surface area contributed by atoms with Crippen LogP contribution in [0.5, 0.6) is 0 Å². The Morgan fingerprint density at radius 3 is 2.77 bits per heavy atom. The summed E-state index contributed by atoms with van der Waals surface area (Å²) in [7, 11) is -3.89. The van der Waals surface area contributed by atoms with Gasteiger partial charge < -0.3 is 16.2 Å². The average molecular weight is 343 g/mol. The van der Waals surface area contributed by atoms with Crippen LogP contribution in [-0.4, -0.2) is 41.5 Å². The van der Waals surface area contributed by atoms with Crippen molar-refractivity contribution < 1.29 is 18.3 Å². The van der Waals surface area contributed by atoms with Gasteiger partial charge in [0.05, 0.1) is 4.90 Å². The number of carbonyl (C=O) groups is 1. The molecule has 1 aliphatic heterocycles. The van der Waals surface area contributed by atoms with E-state index in [4.69, 9.17) is 18.0 Å². The zero-order chi connectivity index (χ0) is 16.3. The lowest BCUT2D eigenvalue weighted by Crippen LogP contribution is -2.47. The number of anilines is 1. The Labute approximate surface area is 134 Å². The quantitative estimate of drug-likeness (QED) is 0.698. The number of nitrogens with two attached hydrogens (primary N) is 1. The second kappa shape index (κ2) is 6.59. The van der Waals surface area contributed by atoms with Crippen LogP contribution in [0, 0.1) is 0 Å². The third-order valence-electron chi connectivity index (χ3n) is 3.45. The van der Waals surface area contributed by atoms with E-state index >= 15 is 0 Å². The number of benzene rings is 1. The van der Waals surface area contributed by atoms with Crippen molar-refractivity contribution in [3.63, 3.8) is 0 Å². The standard InChI is InChI=1S/C13H17N3O4S2/c14-13(21)15-9-4-3-5-10(8-9)22(19,20)16-7-2-1-6-11(16)12(17)18/h3-5,8,11H,1-2,6-7H2,(H,17,18)(H3,14,15,21). The van der Waals surface area contributed by atoms with Crippen LogP contribution in [0.1, 0.15) is 19.3 Å². The fraction of sp³-hybridized carbons (Fsp3) is 0.385. The van der Waals surface area contributed by atoms with Crippen molar-refractivity contribution >= 4 is 39.0 Å². The van der Waals surface area contributed by atoms with Crippen LogP contribution in [0.15, 0.2) is 29.2 Å². The Bertz CT molecular complexity index is 690. The second-order valence-electron chi connectivity index (χ2n) is 4.98. The molecule has 22 heavy (non-hydrogen) atoms. The molecule has 0 saturated carbocycles. The lowest BCUT2D eigenvalue weighted by atomic mass is 10.1. The Hall–Kier alpha value is -1.71. The van der Waals surface area contributed by atoms with Gasteiger partial charge in [-0.25, -0.2) is 8.42 Å². The first-order chi connectivity index (χ1) is 10.3. The molecule has 0 amide bonds. The van der Waals surface area contributed by atoms with Crippen molar-refractivity contribution in [2.24, 2.45) is 5.73 Å². The van der Waals surface area contributed by atoms with Gasteiger partial charge in [-0.15, -0.1) is 0 Å². The summed E-state index contributed by atoms with van der Waals surface area (Å²) in [5.41, 5.74) is 5.81. The predicted octanol–water partition coefficient (Wildman–Crippen LogP) is 0.970. The molecule has 2 rings (SSSR count). The summed E-state index contributed by atoms with van der Waals surface area (Å²) in [6.07, 6.45) is 1.67. The number of carboxylic acid groups (broad SMARTS) is 1. The maximum atomic E-state index is 12.7. The van der Waals surface area contributed by atoms with Gasteiger partial charge in [-0.3, -0.25) is 4.79 Å². The lowest BCUT2D eigenvalue weighted by molar-refractivity contribution is -0.142. The summed E-state index contributed by atoms with van der Waals surface area (Å²) in [5.74, 6) is -1.12. The minimum atomic E-state index is -3.89. The van der Waals surface area contributed by atoms with E-state index in [0.717, 1.165) is 4.31 Å². The van der Waals surface area contributed by atoms with Crippen molar-refractivity contribution in [1.29, 1.82) is 0 Å². The highest BCUT2D eigenvalue weighted by atomic mass is 32.2. The van der Waals surface area contributed by atoms with Gasteiger partial charge in [0.1, 0.15) is 6.04 Å². The average Bonchev–Trinajstić information content (AvgIpc) is 2.46. The number of rotatable bonds is 4. The Kier molecular flexibility index (Phi) is 4.99. The van der Waals surface area contributed by atoms with Gasteiger partial charge >= 0.3 is 5.97 Å². The molecule has 1 aliphatic rings. The summed E-state index contributed by atoms with van der Waals surface area (Å²) in [6, 6.07) is 4.97. The van der Waals surface area contributed by atoms with Crippen molar-refractivity contribution in [3.05, 3.63) is 24.3 Å². The van der Waals surface area contributed by atoms with E-state index < -0.39 is 22.0 Å². The van der Waals surface area contributed by atoms with Crippen LogP contribution < -0.4 is 11.1 Å². The number of nitrogens with one attached hydrogen (secondary N) is 1. The van der Waals surface area contributed by atoms with Gasteiger partial charge in [0.25, 0.3) is 0 Å². The minimum Gasteiger partial charge on any atom is -0.480 e. The highest BCUT2D eigenvalue weighted by Crippen LogP contribution is 2.26. The molecule has 0 radical (unpaired) electrons. The van der Waals surface area contributed by atoms with Crippen molar-refractivity contribution in [2.45, 2.75) is 30.2 Å². The van der Waals surface area contributed by atoms with Crippen LogP contribution in [0.2, 0.25) is 0 Å². The number of thiocarbonyl (C=S) groups is 1. The molecule has 0 spiro atoms. The van der Waals surface area contributed by atoms with Gasteiger partial charge in [-0.2, -0.15) is 4.31 Å². The number of sulfonamides is 1. The van der Waals surface area contributed by atoms with Crippen LogP contribution in [0.4, 0.5) is 5.69 Å². The first-order valence-corrected chi connectivity index (χ1v) is 8.58. The SMILES string of the molecule is NC(=S)Nc1cccc(S(=O)(=O)N2CCCCC2C(=O)O)c1. The van der Waals surface area contributed by atoms with E-state index in [1.165, 1.54) is 12.1 Å². The van der Waals surface area contributed by atoms with Crippen molar-refractivity contribution in [1.82, 2.24) is 4.31 Å². The Morgan fingerprint density at radius 1 is 1.41 bits per heavy atom. The second-order valence-corrected chi connectivity index (χ2v) is 7.31. The molecule has 9 heteroatoms.